The van der Waals surface area contributed by atoms with Crippen molar-refractivity contribution in [3.8, 4) is 5.75 Å². The number of phenolic OH excluding ortho intramolecular Hbond substituents is 1. The maximum Gasteiger partial charge on any atom is 0.128 e. The van der Waals surface area contributed by atoms with Gasteiger partial charge >= 0.3 is 0 Å². The number of aliphatic hydroxyl groups is 1. The van der Waals surface area contributed by atoms with Gasteiger partial charge in [0, 0.05) is 17.3 Å². The lowest BCUT2D eigenvalue weighted by Crippen LogP contribution is -2.17. The van der Waals surface area contributed by atoms with Crippen LogP contribution in [0.5, 0.6) is 5.75 Å². The lowest BCUT2D eigenvalue weighted by molar-refractivity contribution is 0.275. The number of aliphatic hydroxyl groups excluding tert-OH is 1. The van der Waals surface area contributed by atoms with Crippen LogP contribution in [0, 0.1) is 0 Å². The Hall–Kier alpha value is -1.35. The van der Waals surface area contributed by atoms with Crippen molar-refractivity contribution in [1.82, 2.24) is 0 Å². The van der Waals surface area contributed by atoms with Gasteiger partial charge in [0.05, 0.1) is 12.6 Å². The molecule has 23 heavy (non-hydrogen) atoms. The summed E-state index contributed by atoms with van der Waals surface area (Å²) in [5, 5.41) is 19.6. The molecule has 1 atom stereocenters. The first-order valence-electron chi connectivity index (χ1n) is 8.49. The van der Waals surface area contributed by atoms with Gasteiger partial charge in [-0.3, -0.25) is 4.99 Å². The van der Waals surface area contributed by atoms with E-state index in [4.69, 9.17) is 5.11 Å². The minimum Gasteiger partial charge on any atom is -0.507 e. The molecule has 0 aliphatic carbocycles. The summed E-state index contributed by atoms with van der Waals surface area (Å²) in [5.74, 6) is 0.282. The van der Waals surface area contributed by atoms with Crippen molar-refractivity contribution in [2.75, 3.05) is 6.61 Å². The van der Waals surface area contributed by atoms with E-state index < -0.39 is 0 Å². The van der Waals surface area contributed by atoms with Gasteiger partial charge in [0.2, 0.25) is 0 Å². The highest BCUT2D eigenvalue weighted by Crippen LogP contribution is 2.37. The van der Waals surface area contributed by atoms with Gasteiger partial charge in [-0.2, -0.15) is 0 Å². The minimum atomic E-state index is -0.166. The largest absolute Gasteiger partial charge is 0.507 e. The van der Waals surface area contributed by atoms with E-state index in [-0.39, 0.29) is 29.2 Å². The summed E-state index contributed by atoms with van der Waals surface area (Å²) < 4.78 is 0. The Balaban J connectivity index is 0.00000232. The Morgan fingerprint density at radius 3 is 1.96 bits per heavy atom. The number of hydrogen-bond acceptors (Lipinski definition) is 3. The number of aromatic hydroxyl groups is 1. The Morgan fingerprint density at radius 1 is 1.04 bits per heavy atom. The fourth-order valence-electron chi connectivity index (χ4n) is 2.01. The second kappa shape index (κ2) is 8.49. The fraction of sp³-hybridized carbons (Fsp3) is 0.650. The number of aliphatic imine (C=N–C) groups is 1. The third-order valence-electron chi connectivity index (χ3n) is 3.55. The Bertz CT molecular complexity index is 520. The summed E-state index contributed by atoms with van der Waals surface area (Å²) in [6, 6.07) is 3.90. The zero-order valence-electron chi connectivity index (χ0n) is 16.4. The Morgan fingerprint density at radius 2 is 1.57 bits per heavy atom. The highest BCUT2D eigenvalue weighted by molar-refractivity contribution is 5.85. The molecule has 0 fully saturated rings. The zero-order valence-corrected chi connectivity index (χ0v) is 16.4. The molecule has 0 heterocycles. The van der Waals surface area contributed by atoms with Gasteiger partial charge in [-0.05, 0) is 29.4 Å². The molecule has 3 heteroatoms. The van der Waals surface area contributed by atoms with Crippen molar-refractivity contribution in [2.45, 2.75) is 79.2 Å². The third kappa shape index (κ3) is 6.34. The number of nitrogens with zero attached hydrogens (tertiary/aromatic N) is 1. The van der Waals surface area contributed by atoms with Crippen LogP contribution in [0.3, 0.4) is 0 Å². The molecule has 1 unspecified atom stereocenters. The van der Waals surface area contributed by atoms with Crippen molar-refractivity contribution >= 4 is 6.21 Å². The van der Waals surface area contributed by atoms with E-state index in [2.05, 4.69) is 52.6 Å². The molecule has 0 aromatic heterocycles. The van der Waals surface area contributed by atoms with E-state index in [0.717, 1.165) is 5.56 Å². The number of phenols is 1. The van der Waals surface area contributed by atoms with Gasteiger partial charge in [0.15, 0.2) is 0 Å². The summed E-state index contributed by atoms with van der Waals surface area (Å²) in [4.78, 5) is 4.29. The third-order valence-corrected chi connectivity index (χ3v) is 3.55. The molecule has 0 aliphatic rings. The fourth-order valence-corrected chi connectivity index (χ4v) is 2.01. The van der Waals surface area contributed by atoms with Crippen LogP contribution < -0.4 is 0 Å². The standard InChI is InChI=1S/C18H29NO2.C2H6/c1-12(11-20)19-10-13-8-14(17(2,3)4)9-15(16(13)21)18(5,6)7;1-2/h8-10,12,20-21H,11H2,1-7H3;1-2H3. The molecule has 0 amide bonds. The molecule has 3 nitrogen and oxygen atoms in total. The van der Waals surface area contributed by atoms with Gasteiger partial charge in [0.25, 0.3) is 0 Å². The van der Waals surface area contributed by atoms with Crippen LogP contribution in [0.4, 0.5) is 0 Å². The molecular weight excluding hydrogens is 286 g/mol. The predicted octanol–water partition coefficient (Wildman–Crippen LogP) is 4.81. The minimum absolute atomic E-state index is 0.00111. The lowest BCUT2D eigenvalue weighted by atomic mass is 9.79. The average molecular weight is 322 g/mol. The summed E-state index contributed by atoms with van der Waals surface area (Å²) in [7, 11) is 0. The van der Waals surface area contributed by atoms with Crippen LogP contribution in [0.1, 0.15) is 79.0 Å². The maximum atomic E-state index is 10.5. The van der Waals surface area contributed by atoms with Crippen molar-refractivity contribution < 1.29 is 10.2 Å². The van der Waals surface area contributed by atoms with Gasteiger partial charge in [-0.25, -0.2) is 0 Å². The van der Waals surface area contributed by atoms with Gasteiger partial charge in [-0.15, -0.1) is 0 Å². The topological polar surface area (TPSA) is 52.8 Å². The molecule has 1 aromatic rings. The highest BCUT2D eigenvalue weighted by atomic mass is 16.3. The smallest absolute Gasteiger partial charge is 0.128 e. The molecule has 0 saturated heterocycles. The first-order valence-corrected chi connectivity index (χ1v) is 8.49. The molecule has 1 aromatic carbocycles. The number of benzene rings is 1. The first-order chi connectivity index (χ1) is 10.5. The molecular formula is C20H35NO2. The maximum absolute atomic E-state index is 10.5. The van der Waals surface area contributed by atoms with Crippen LogP contribution in [0.2, 0.25) is 0 Å². The van der Waals surface area contributed by atoms with Crippen LogP contribution in [-0.2, 0) is 10.8 Å². The first kappa shape index (κ1) is 21.6. The summed E-state index contributed by atoms with van der Waals surface area (Å²) in [5.41, 5.74) is 2.67. The predicted molar refractivity (Wildman–Crippen MR) is 101 cm³/mol. The van der Waals surface area contributed by atoms with Crippen molar-refractivity contribution in [2.24, 2.45) is 4.99 Å². The van der Waals surface area contributed by atoms with E-state index in [0.29, 0.717) is 5.56 Å². The van der Waals surface area contributed by atoms with Crippen molar-refractivity contribution in [3.05, 3.63) is 28.8 Å². The average Bonchev–Trinajstić information content (AvgIpc) is 2.45. The zero-order chi connectivity index (χ0) is 18.4. The molecule has 0 spiro atoms. The van der Waals surface area contributed by atoms with Crippen LogP contribution in [-0.4, -0.2) is 29.1 Å². The van der Waals surface area contributed by atoms with E-state index in [1.807, 2.05) is 26.8 Å². The summed E-state index contributed by atoms with van der Waals surface area (Å²) in [6.07, 6.45) is 1.67. The second-order valence-electron chi connectivity index (χ2n) is 7.77. The molecule has 0 radical (unpaired) electrons. The Labute approximate surface area is 142 Å². The highest BCUT2D eigenvalue weighted by Gasteiger charge is 2.24. The molecule has 132 valence electrons. The molecule has 0 aliphatic heterocycles. The van der Waals surface area contributed by atoms with E-state index in [1.54, 1.807) is 6.21 Å². The van der Waals surface area contributed by atoms with Gasteiger partial charge < -0.3 is 10.2 Å². The second-order valence-corrected chi connectivity index (χ2v) is 7.77. The van der Waals surface area contributed by atoms with Gasteiger partial charge in [-0.1, -0.05) is 61.5 Å². The molecule has 1 rings (SSSR count). The van der Waals surface area contributed by atoms with Crippen molar-refractivity contribution in [1.29, 1.82) is 0 Å². The number of rotatable bonds is 3. The summed E-state index contributed by atoms with van der Waals surface area (Å²) in [6.45, 7) is 18.6. The molecule has 0 bridgehead atoms. The van der Waals surface area contributed by atoms with Crippen molar-refractivity contribution in [3.63, 3.8) is 0 Å². The van der Waals surface area contributed by atoms with E-state index in [1.165, 1.54) is 5.56 Å². The molecule has 2 N–H and O–H groups in total. The van der Waals surface area contributed by atoms with E-state index >= 15 is 0 Å². The van der Waals surface area contributed by atoms with Crippen LogP contribution in [0.15, 0.2) is 17.1 Å². The lowest BCUT2D eigenvalue weighted by Gasteiger charge is -2.27. The monoisotopic (exact) mass is 321 g/mol. The van der Waals surface area contributed by atoms with Crippen LogP contribution >= 0.6 is 0 Å². The quantitative estimate of drug-likeness (QED) is 0.785. The van der Waals surface area contributed by atoms with E-state index in [9.17, 15) is 5.11 Å². The van der Waals surface area contributed by atoms with Gasteiger partial charge in [0.1, 0.15) is 5.75 Å². The summed E-state index contributed by atoms with van der Waals surface area (Å²) >= 11 is 0. The number of hydrogen-bond donors (Lipinski definition) is 2. The Kier molecular flexibility index (Phi) is 7.99. The molecule has 0 saturated carbocycles. The van der Waals surface area contributed by atoms with Crippen LogP contribution in [0.25, 0.3) is 0 Å². The SMILES string of the molecule is CC.CC(CO)N=Cc1cc(C(C)(C)C)cc(C(C)(C)C)c1O. The normalized spacial score (nSPS) is 13.7.